The first-order valence-electron chi connectivity index (χ1n) is 14.8. The molecule has 1 atom stereocenters. The van der Waals surface area contributed by atoms with E-state index in [4.69, 9.17) is 4.74 Å². The third-order valence-electron chi connectivity index (χ3n) is 8.70. The summed E-state index contributed by atoms with van der Waals surface area (Å²) in [6, 6.07) is 13.3. The summed E-state index contributed by atoms with van der Waals surface area (Å²) in [6.07, 6.45) is 4.04. The Bertz CT molecular complexity index is 1320. The Morgan fingerprint density at radius 2 is 1.78 bits per heavy atom. The third-order valence-corrected chi connectivity index (χ3v) is 8.70. The minimum Gasteiger partial charge on any atom is -0.379 e. The number of piperidine rings is 1. The van der Waals surface area contributed by atoms with Crippen molar-refractivity contribution in [2.24, 2.45) is 10.9 Å². The van der Waals surface area contributed by atoms with Crippen molar-refractivity contribution >= 4 is 23.2 Å². The summed E-state index contributed by atoms with van der Waals surface area (Å²) in [4.78, 5) is 35.1. The van der Waals surface area contributed by atoms with Crippen LogP contribution >= 0.6 is 0 Å². The maximum Gasteiger partial charge on any atom is 0.254 e. The van der Waals surface area contributed by atoms with E-state index in [2.05, 4.69) is 62.8 Å². The molecule has 2 amide bonds. The van der Waals surface area contributed by atoms with E-state index in [9.17, 15) is 9.59 Å². The molecule has 3 heterocycles. The van der Waals surface area contributed by atoms with Crippen LogP contribution in [0.15, 0.2) is 53.0 Å². The lowest BCUT2D eigenvalue weighted by Crippen LogP contribution is -2.41. The molecule has 0 saturated carbocycles. The average molecular weight is 558 g/mol. The summed E-state index contributed by atoms with van der Waals surface area (Å²) in [6.45, 7) is 12.4. The lowest BCUT2D eigenvalue weighted by molar-refractivity contribution is -0.120. The summed E-state index contributed by atoms with van der Waals surface area (Å²) in [5.74, 6) is -0.793. The van der Waals surface area contributed by atoms with Crippen LogP contribution in [0, 0.1) is 12.8 Å². The van der Waals surface area contributed by atoms with Gasteiger partial charge in [-0.2, -0.15) is 0 Å². The standard InChI is InChI=1S/C33H43N5O3/c1-22-17-23(2)36-33(40)30(22)20-35-32(39)29-18-27(19-31(24(29)3)37(4)28-9-11-34-12-10-28)26-7-5-25(6-8-26)21-38-13-15-41-16-14-38/h5-8,17-19,28,30,34H,9-16,20-21H2,1-4H3,(H,35,39). The first kappa shape index (κ1) is 29.2. The smallest absolute Gasteiger partial charge is 0.254 e. The molecule has 2 saturated heterocycles. The zero-order valence-electron chi connectivity index (χ0n) is 24.8. The van der Waals surface area contributed by atoms with Crippen molar-refractivity contribution in [3.63, 3.8) is 0 Å². The Morgan fingerprint density at radius 1 is 1.07 bits per heavy atom. The van der Waals surface area contributed by atoms with Gasteiger partial charge in [0.2, 0.25) is 0 Å². The SMILES string of the molecule is CC1=CC(C)=NC(=O)C1CNC(=O)c1cc(-c2ccc(CN3CCOCC3)cc2)cc(N(C)C2CCNCC2)c1C. The van der Waals surface area contributed by atoms with Gasteiger partial charge in [-0.15, -0.1) is 0 Å². The molecule has 2 aromatic carbocycles. The second-order valence-electron chi connectivity index (χ2n) is 11.6. The van der Waals surface area contributed by atoms with Crippen molar-refractivity contribution in [1.29, 1.82) is 0 Å². The minimum atomic E-state index is -0.429. The minimum absolute atomic E-state index is 0.167. The van der Waals surface area contributed by atoms with Crippen LogP contribution in [0.25, 0.3) is 11.1 Å². The van der Waals surface area contributed by atoms with Crippen LogP contribution in [-0.2, 0) is 16.1 Å². The van der Waals surface area contributed by atoms with Crippen molar-refractivity contribution in [2.45, 2.75) is 46.2 Å². The summed E-state index contributed by atoms with van der Waals surface area (Å²) >= 11 is 0. The van der Waals surface area contributed by atoms with E-state index in [-0.39, 0.29) is 18.4 Å². The van der Waals surface area contributed by atoms with Crippen LogP contribution in [0.3, 0.4) is 0 Å². The van der Waals surface area contributed by atoms with Gasteiger partial charge in [-0.25, -0.2) is 4.99 Å². The van der Waals surface area contributed by atoms with Gasteiger partial charge in [0, 0.05) is 56.2 Å². The van der Waals surface area contributed by atoms with Gasteiger partial charge < -0.3 is 20.3 Å². The highest BCUT2D eigenvalue weighted by molar-refractivity contribution is 6.06. The van der Waals surface area contributed by atoms with Gasteiger partial charge in [0.05, 0.1) is 19.1 Å². The number of carbonyl (C=O) groups excluding carboxylic acids is 2. The van der Waals surface area contributed by atoms with Crippen LogP contribution in [0.4, 0.5) is 5.69 Å². The number of dihydropyridines is 1. The maximum absolute atomic E-state index is 13.7. The number of anilines is 1. The molecular formula is C33H43N5O3. The molecule has 218 valence electrons. The van der Waals surface area contributed by atoms with E-state index in [1.165, 1.54) is 5.56 Å². The second kappa shape index (κ2) is 13.1. The highest BCUT2D eigenvalue weighted by atomic mass is 16.5. The molecule has 0 bridgehead atoms. The van der Waals surface area contributed by atoms with Crippen LogP contribution in [0.2, 0.25) is 0 Å². The van der Waals surface area contributed by atoms with Crippen molar-refractivity contribution < 1.29 is 14.3 Å². The van der Waals surface area contributed by atoms with Gasteiger partial charge in [0.1, 0.15) is 0 Å². The number of nitrogens with zero attached hydrogens (tertiary/aromatic N) is 3. The number of ether oxygens (including phenoxy) is 1. The molecule has 1 unspecified atom stereocenters. The van der Waals surface area contributed by atoms with E-state index in [1.807, 2.05) is 32.9 Å². The van der Waals surface area contributed by atoms with E-state index < -0.39 is 5.92 Å². The van der Waals surface area contributed by atoms with Gasteiger partial charge in [0.25, 0.3) is 11.8 Å². The quantitative estimate of drug-likeness (QED) is 0.511. The average Bonchev–Trinajstić information content (AvgIpc) is 2.97. The largest absolute Gasteiger partial charge is 0.379 e. The molecule has 2 N–H and O–H groups in total. The molecule has 5 rings (SSSR count). The van der Waals surface area contributed by atoms with Gasteiger partial charge in [0.15, 0.2) is 0 Å². The Morgan fingerprint density at radius 3 is 2.46 bits per heavy atom. The number of allylic oxidation sites excluding steroid dienone is 1. The van der Waals surface area contributed by atoms with Crippen molar-refractivity contribution in [3.05, 3.63) is 64.7 Å². The number of rotatable bonds is 8. The van der Waals surface area contributed by atoms with Crippen LogP contribution in [0.1, 0.15) is 48.2 Å². The molecule has 0 aromatic heterocycles. The zero-order valence-corrected chi connectivity index (χ0v) is 24.8. The van der Waals surface area contributed by atoms with Crippen molar-refractivity contribution in [2.75, 3.05) is 57.9 Å². The number of carbonyl (C=O) groups is 2. The fraction of sp³-hybridized carbons (Fsp3) is 0.485. The molecule has 0 spiro atoms. The highest BCUT2D eigenvalue weighted by Crippen LogP contribution is 2.33. The number of morpholine rings is 1. The summed E-state index contributed by atoms with van der Waals surface area (Å²) < 4.78 is 5.49. The molecule has 3 aliphatic rings. The van der Waals surface area contributed by atoms with E-state index in [1.54, 1.807) is 0 Å². The molecule has 8 nitrogen and oxygen atoms in total. The summed E-state index contributed by atoms with van der Waals surface area (Å²) in [7, 11) is 2.14. The number of hydrogen-bond donors (Lipinski definition) is 2. The number of hydrogen-bond acceptors (Lipinski definition) is 6. The Labute approximate surface area is 243 Å². The van der Waals surface area contributed by atoms with Gasteiger partial charge >= 0.3 is 0 Å². The number of benzene rings is 2. The predicted octanol–water partition coefficient (Wildman–Crippen LogP) is 3.98. The zero-order chi connectivity index (χ0) is 28.9. The molecule has 0 aliphatic carbocycles. The normalized spacial score (nSPS) is 20.4. The Hall–Kier alpha value is -3.33. The molecular weight excluding hydrogens is 514 g/mol. The first-order chi connectivity index (χ1) is 19.8. The van der Waals surface area contributed by atoms with Gasteiger partial charge in [-0.05, 0) is 87.2 Å². The molecule has 2 aromatic rings. The molecule has 8 heteroatoms. The molecule has 3 aliphatic heterocycles. The first-order valence-corrected chi connectivity index (χ1v) is 14.8. The fourth-order valence-electron chi connectivity index (χ4n) is 6.13. The predicted molar refractivity (Wildman–Crippen MR) is 165 cm³/mol. The summed E-state index contributed by atoms with van der Waals surface area (Å²) in [5, 5.41) is 6.50. The number of nitrogens with one attached hydrogen (secondary N) is 2. The van der Waals surface area contributed by atoms with Gasteiger partial charge in [-0.3, -0.25) is 14.5 Å². The van der Waals surface area contributed by atoms with Crippen molar-refractivity contribution in [1.82, 2.24) is 15.5 Å². The van der Waals surface area contributed by atoms with E-state index in [0.29, 0.717) is 17.3 Å². The molecule has 0 radical (unpaired) electrons. The van der Waals surface area contributed by atoms with Crippen LogP contribution < -0.4 is 15.5 Å². The maximum atomic E-state index is 13.7. The number of amides is 2. The monoisotopic (exact) mass is 557 g/mol. The lowest BCUT2D eigenvalue weighted by Gasteiger charge is -2.35. The lowest BCUT2D eigenvalue weighted by atomic mass is 9.94. The van der Waals surface area contributed by atoms with E-state index >= 15 is 0 Å². The Kier molecular flexibility index (Phi) is 9.32. The fourth-order valence-corrected chi connectivity index (χ4v) is 6.13. The molecule has 2 fully saturated rings. The van der Waals surface area contributed by atoms with Crippen LogP contribution in [0.5, 0.6) is 0 Å². The Balaban J connectivity index is 1.41. The van der Waals surface area contributed by atoms with Gasteiger partial charge in [-0.1, -0.05) is 29.8 Å². The van der Waals surface area contributed by atoms with Crippen molar-refractivity contribution in [3.8, 4) is 11.1 Å². The highest BCUT2D eigenvalue weighted by Gasteiger charge is 2.26. The number of aliphatic imine (C=N–C) groups is 1. The van der Waals surface area contributed by atoms with Crippen LogP contribution in [-0.4, -0.2) is 81.5 Å². The topological polar surface area (TPSA) is 86.3 Å². The molecule has 41 heavy (non-hydrogen) atoms. The third kappa shape index (κ3) is 6.94. The summed E-state index contributed by atoms with van der Waals surface area (Å²) in [5.41, 5.74) is 7.66. The van der Waals surface area contributed by atoms with E-state index in [0.717, 1.165) is 86.7 Å². The second-order valence-corrected chi connectivity index (χ2v) is 11.6.